The van der Waals surface area contributed by atoms with Crippen LogP contribution in [-0.4, -0.2) is 28.6 Å². The maximum absolute atomic E-state index is 12.5. The van der Waals surface area contributed by atoms with Crippen LogP contribution in [0.1, 0.15) is 47.5 Å². The lowest BCUT2D eigenvalue weighted by Crippen LogP contribution is -2.24. The molecule has 2 N–H and O–H groups in total. The monoisotopic (exact) mass is 310 g/mol. The minimum absolute atomic E-state index is 0.118. The molecule has 0 spiro atoms. The van der Waals surface area contributed by atoms with E-state index in [1.807, 2.05) is 12.1 Å². The van der Waals surface area contributed by atoms with Gasteiger partial charge in [-0.25, -0.2) is 0 Å². The van der Waals surface area contributed by atoms with Crippen LogP contribution in [0.2, 0.25) is 0 Å². The summed E-state index contributed by atoms with van der Waals surface area (Å²) in [5, 5.41) is 9.78. The summed E-state index contributed by atoms with van der Waals surface area (Å²) in [5.41, 5.74) is 2.40. The molecule has 4 rings (SSSR count). The molecule has 2 aromatic rings. The summed E-state index contributed by atoms with van der Waals surface area (Å²) in [6, 6.07) is 7.20. The fourth-order valence-electron chi connectivity index (χ4n) is 3.02. The number of benzene rings is 1. The lowest BCUT2D eigenvalue weighted by Gasteiger charge is -2.16. The number of carbonyl (C=O) groups excluding carboxylic acids is 2. The number of hydrogen-bond donors (Lipinski definition) is 2. The molecule has 0 unspecified atom stereocenters. The minimum atomic E-state index is -0.190. The zero-order valence-electron chi connectivity index (χ0n) is 12.7. The van der Waals surface area contributed by atoms with Crippen LogP contribution >= 0.6 is 0 Å². The number of nitrogens with one attached hydrogen (secondary N) is 2. The van der Waals surface area contributed by atoms with E-state index in [-0.39, 0.29) is 11.8 Å². The lowest BCUT2D eigenvalue weighted by molar-refractivity contribution is -0.117. The van der Waals surface area contributed by atoms with Gasteiger partial charge >= 0.3 is 0 Å². The molecular weight excluding hydrogens is 292 g/mol. The molecule has 1 saturated heterocycles. The number of anilines is 2. The number of hydrogen-bond acceptors (Lipinski definition) is 3. The van der Waals surface area contributed by atoms with Gasteiger partial charge in [0.15, 0.2) is 0 Å². The zero-order chi connectivity index (χ0) is 15.8. The van der Waals surface area contributed by atoms with Gasteiger partial charge < -0.3 is 10.2 Å². The molecule has 2 fully saturated rings. The van der Waals surface area contributed by atoms with Crippen LogP contribution < -0.4 is 10.2 Å². The molecule has 0 atom stereocenters. The highest BCUT2D eigenvalue weighted by Gasteiger charge is 2.28. The highest BCUT2D eigenvalue weighted by Crippen LogP contribution is 2.42. The molecule has 1 saturated carbocycles. The molecule has 0 bridgehead atoms. The summed E-state index contributed by atoms with van der Waals surface area (Å²) in [6.45, 7) is 0.719. The van der Waals surface area contributed by atoms with Crippen LogP contribution in [0.15, 0.2) is 30.5 Å². The van der Waals surface area contributed by atoms with Crippen molar-refractivity contribution in [3.63, 3.8) is 0 Å². The molecule has 1 aliphatic carbocycles. The van der Waals surface area contributed by atoms with Crippen LogP contribution in [0.25, 0.3) is 0 Å². The van der Waals surface area contributed by atoms with E-state index in [0.29, 0.717) is 23.7 Å². The highest BCUT2D eigenvalue weighted by molar-refractivity contribution is 6.05. The van der Waals surface area contributed by atoms with Crippen LogP contribution in [0, 0.1) is 0 Å². The molecule has 2 aliphatic rings. The second-order valence-corrected chi connectivity index (χ2v) is 6.13. The van der Waals surface area contributed by atoms with E-state index in [1.54, 1.807) is 23.2 Å². The van der Waals surface area contributed by atoms with E-state index in [9.17, 15) is 9.59 Å². The van der Waals surface area contributed by atoms with Gasteiger partial charge in [0.05, 0.1) is 6.20 Å². The second kappa shape index (κ2) is 5.53. The number of aromatic amines is 1. The predicted octanol–water partition coefficient (Wildman–Crippen LogP) is 2.67. The zero-order valence-corrected chi connectivity index (χ0v) is 12.7. The van der Waals surface area contributed by atoms with Crippen LogP contribution in [0.4, 0.5) is 11.5 Å². The average Bonchev–Trinajstić information content (AvgIpc) is 3.15. The maximum Gasteiger partial charge on any atom is 0.256 e. The molecule has 6 heteroatoms. The van der Waals surface area contributed by atoms with Gasteiger partial charge in [-0.2, -0.15) is 5.10 Å². The molecule has 2 amide bonds. The van der Waals surface area contributed by atoms with Crippen molar-refractivity contribution in [3.8, 4) is 0 Å². The van der Waals surface area contributed by atoms with Gasteiger partial charge in [-0.15, -0.1) is 0 Å². The van der Waals surface area contributed by atoms with Crippen LogP contribution in [0.3, 0.4) is 0 Å². The Morgan fingerprint density at radius 1 is 1.35 bits per heavy atom. The molecule has 23 heavy (non-hydrogen) atoms. The van der Waals surface area contributed by atoms with Crippen molar-refractivity contribution in [3.05, 3.63) is 41.6 Å². The molecule has 1 aromatic heterocycles. The highest BCUT2D eigenvalue weighted by atomic mass is 16.2. The first-order valence-corrected chi connectivity index (χ1v) is 7.97. The Kier molecular flexibility index (Phi) is 3.37. The SMILES string of the molecule is O=C(Nc1[nH]ncc1C1CC1)c1cccc(N2CCCC2=O)c1. The Balaban J connectivity index is 1.54. The first-order valence-electron chi connectivity index (χ1n) is 7.97. The number of amides is 2. The van der Waals surface area contributed by atoms with Crippen molar-refractivity contribution in [2.24, 2.45) is 0 Å². The summed E-state index contributed by atoms with van der Waals surface area (Å²) >= 11 is 0. The van der Waals surface area contributed by atoms with E-state index in [1.165, 1.54) is 0 Å². The Morgan fingerprint density at radius 3 is 2.96 bits per heavy atom. The van der Waals surface area contributed by atoms with Crippen molar-refractivity contribution < 1.29 is 9.59 Å². The normalized spacial score (nSPS) is 17.6. The van der Waals surface area contributed by atoms with Crippen molar-refractivity contribution >= 4 is 23.3 Å². The van der Waals surface area contributed by atoms with Gasteiger partial charge in [-0.3, -0.25) is 14.7 Å². The Labute approximate surface area is 133 Å². The smallest absolute Gasteiger partial charge is 0.256 e. The number of aromatic nitrogens is 2. The van der Waals surface area contributed by atoms with Gasteiger partial charge in [0, 0.05) is 29.8 Å². The van der Waals surface area contributed by atoms with Gasteiger partial charge in [0.1, 0.15) is 5.82 Å². The first-order chi connectivity index (χ1) is 11.2. The molecule has 2 heterocycles. The molecule has 118 valence electrons. The summed E-state index contributed by atoms with van der Waals surface area (Å²) in [6.07, 6.45) is 5.53. The van der Waals surface area contributed by atoms with Crippen molar-refractivity contribution in [2.75, 3.05) is 16.8 Å². The van der Waals surface area contributed by atoms with Gasteiger partial charge in [-0.05, 0) is 43.4 Å². The van der Waals surface area contributed by atoms with Crippen LogP contribution in [0.5, 0.6) is 0 Å². The average molecular weight is 310 g/mol. The lowest BCUT2D eigenvalue weighted by atomic mass is 10.1. The van der Waals surface area contributed by atoms with Gasteiger partial charge in [-0.1, -0.05) is 6.07 Å². The Bertz CT molecular complexity index is 763. The second-order valence-electron chi connectivity index (χ2n) is 6.13. The number of nitrogens with zero attached hydrogens (tertiary/aromatic N) is 2. The predicted molar refractivity (Wildman–Crippen MR) is 86.5 cm³/mol. The summed E-state index contributed by atoms with van der Waals surface area (Å²) in [7, 11) is 0. The van der Waals surface area contributed by atoms with Crippen LogP contribution in [-0.2, 0) is 4.79 Å². The molecular formula is C17H18N4O2. The van der Waals surface area contributed by atoms with E-state index < -0.39 is 0 Å². The fraction of sp³-hybridized carbons (Fsp3) is 0.353. The first kappa shape index (κ1) is 14.0. The topological polar surface area (TPSA) is 78.1 Å². The summed E-state index contributed by atoms with van der Waals surface area (Å²) in [4.78, 5) is 26.1. The van der Waals surface area contributed by atoms with E-state index >= 15 is 0 Å². The molecule has 1 aromatic carbocycles. The van der Waals surface area contributed by atoms with E-state index in [0.717, 1.165) is 37.1 Å². The summed E-state index contributed by atoms with van der Waals surface area (Å²) in [5.74, 6) is 1.12. The number of H-pyrrole nitrogens is 1. The Morgan fingerprint density at radius 2 is 2.22 bits per heavy atom. The fourth-order valence-corrected chi connectivity index (χ4v) is 3.02. The van der Waals surface area contributed by atoms with E-state index in [4.69, 9.17) is 0 Å². The number of rotatable bonds is 4. The van der Waals surface area contributed by atoms with Crippen molar-refractivity contribution in [1.29, 1.82) is 0 Å². The minimum Gasteiger partial charge on any atom is -0.312 e. The molecule has 6 nitrogen and oxygen atoms in total. The number of carbonyl (C=O) groups is 2. The third-order valence-corrected chi connectivity index (χ3v) is 4.42. The largest absolute Gasteiger partial charge is 0.312 e. The molecule has 1 aliphatic heterocycles. The standard InChI is InChI=1S/C17H18N4O2/c22-15-5-2-8-21(15)13-4-1-3-12(9-13)17(23)19-16-14(10-18-20-16)11-6-7-11/h1,3-4,9-11H,2,5-8H2,(H2,18,19,20,23). The van der Waals surface area contributed by atoms with Gasteiger partial charge in [0.25, 0.3) is 5.91 Å². The maximum atomic E-state index is 12.5. The quantitative estimate of drug-likeness (QED) is 0.911. The third kappa shape index (κ3) is 2.72. The third-order valence-electron chi connectivity index (χ3n) is 4.42. The van der Waals surface area contributed by atoms with E-state index in [2.05, 4.69) is 15.5 Å². The molecule has 0 radical (unpaired) electrons. The van der Waals surface area contributed by atoms with Crippen molar-refractivity contribution in [2.45, 2.75) is 31.6 Å². The van der Waals surface area contributed by atoms with Gasteiger partial charge in [0.2, 0.25) is 5.91 Å². The summed E-state index contributed by atoms with van der Waals surface area (Å²) < 4.78 is 0. The Hall–Kier alpha value is -2.63. The van der Waals surface area contributed by atoms with Crippen molar-refractivity contribution in [1.82, 2.24) is 10.2 Å².